The molecule has 0 aliphatic heterocycles. The fourth-order valence-electron chi connectivity index (χ4n) is 5.24. The van der Waals surface area contributed by atoms with Gasteiger partial charge in [0.2, 0.25) is 15.8 Å². The summed E-state index contributed by atoms with van der Waals surface area (Å²) < 4.78 is 48.7. The first-order valence-electron chi connectivity index (χ1n) is 12.7. The summed E-state index contributed by atoms with van der Waals surface area (Å²) >= 11 is 0. The number of rotatable bonds is 8. The zero-order valence-electron chi connectivity index (χ0n) is 21.7. The van der Waals surface area contributed by atoms with E-state index >= 15 is 0 Å². The normalized spacial score (nSPS) is 14.8. The van der Waals surface area contributed by atoms with Crippen LogP contribution in [0.25, 0.3) is 17.2 Å². The molecule has 1 aliphatic carbocycles. The zero-order valence-corrected chi connectivity index (χ0v) is 22.5. The van der Waals surface area contributed by atoms with Crippen LogP contribution in [0.2, 0.25) is 0 Å². The summed E-state index contributed by atoms with van der Waals surface area (Å²) in [5.74, 6) is -0.235. The van der Waals surface area contributed by atoms with Crippen molar-refractivity contribution in [3.05, 3.63) is 112 Å². The predicted molar refractivity (Wildman–Crippen MR) is 147 cm³/mol. The van der Waals surface area contributed by atoms with Crippen LogP contribution in [0.1, 0.15) is 47.7 Å². The molecule has 0 spiro atoms. The lowest BCUT2D eigenvalue weighted by molar-refractivity contribution is 0.123. The minimum Gasteiger partial charge on any atom is -0.374 e. The van der Waals surface area contributed by atoms with E-state index in [4.69, 9.17) is 4.74 Å². The number of halogens is 1. The minimum atomic E-state index is -4.28. The number of ether oxygens (including phenoxy) is 1. The molecule has 0 unspecified atom stereocenters. The van der Waals surface area contributed by atoms with Crippen molar-refractivity contribution in [3.8, 4) is 11.1 Å². The molecule has 5 rings (SSSR count). The van der Waals surface area contributed by atoms with Crippen LogP contribution in [0.5, 0.6) is 0 Å². The van der Waals surface area contributed by atoms with Gasteiger partial charge in [-0.25, -0.2) is 13.4 Å². The van der Waals surface area contributed by atoms with Crippen molar-refractivity contribution in [1.29, 1.82) is 0 Å². The van der Waals surface area contributed by atoms with Gasteiger partial charge in [-0.2, -0.15) is 9.37 Å². The standard InChI is InChI=1S/C30H28FN3O4S/c1-4-25-29(39(36,37)22-13-10-21(11-14-22)23-15-17-27(31)32-19(23)3)30(35)33-28(18-38-5-2)34(25)26-16-12-20-8-6-7-9-24(20)26/h4,6-11,13-15,17,26H,1,5,12,16,18H2,2-3H3/t26-/m0/s1. The van der Waals surface area contributed by atoms with Crippen molar-refractivity contribution in [2.75, 3.05) is 6.61 Å². The first-order valence-corrected chi connectivity index (χ1v) is 14.2. The van der Waals surface area contributed by atoms with Crippen LogP contribution in [0, 0.1) is 12.9 Å². The first-order chi connectivity index (χ1) is 18.8. The van der Waals surface area contributed by atoms with E-state index in [-0.39, 0.29) is 23.2 Å². The van der Waals surface area contributed by atoms with E-state index < -0.39 is 26.2 Å². The quantitative estimate of drug-likeness (QED) is 0.279. The van der Waals surface area contributed by atoms with E-state index in [1.54, 1.807) is 29.7 Å². The molecule has 0 fully saturated rings. The van der Waals surface area contributed by atoms with Gasteiger partial charge >= 0.3 is 0 Å². The van der Waals surface area contributed by atoms with Crippen molar-refractivity contribution in [3.63, 3.8) is 0 Å². The van der Waals surface area contributed by atoms with Crippen LogP contribution in [-0.2, 0) is 27.6 Å². The highest BCUT2D eigenvalue weighted by atomic mass is 32.2. The number of fused-ring (bicyclic) bond motifs is 1. The van der Waals surface area contributed by atoms with E-state index in [0.29, 0.717) is 29.3 Å². The topological polar surface area (TPSA) is 91.2 Å². The van der Waals surface area contributed by atoms with Crippen molar-refractivity contribution in [2.24, 2.45) is 0 Å². The Morgan fingerprint density at radius 3 is 2.54 bits per heavy atom. The summed E-state index contributed by atoms with van der Waals surface area (Å²) in [5, 5.41) is 0. The summed E-state index contributed by atoms with van der Waals surface area (Å²) in [4.78, 5) is 20.9. The average Bonchev–Trinajstić information content (AvgIpc) is 3.35. The highest BCUT2D eigenvalue weighted by molar-refractivity contribution is 7.91. The molecule has 2 aromatic heterocycles. The molecule has 0 saturated heterocycles. The molecule has 1 aliphatic rings. The highest BCUT2D eigenvalue weighted by Gasteiger charge is 2.33. The van der Waals surface area contributed by atoms with Crippen LogP contribution in [0.3, 0.4) is 0 Å². The molecule has 2 aromatic carbocycles. The summed E-state index contributed by atoms with van der Waals surface area (Å²) in [7, 11) is -4.28. The van der Waals surface area contributed by atoms with Crippen LogP contribution in [-0.4, -0.2) is 29.6 Å². The van der Waals surface area contributed by atoms with Gasteiger partial charge in [0.1, 0.15) is 12.4 Å². The number of benzene rings is 2. The average molecular weight is 546 g/mol. The van der Waals surface area contributed by atoms with Gasteiger partial charge < -0.3 is 9.30 Å². The second kappa shape index (κ2) is 10.7. The van der Waals surface area contributed by atoms with Gasteiger partial charge in [0.05, 0.1) is 16.6 Å². The number of aryl methyl sites for hydroxylation is 2. The third-order valence-corrected chi connectivity index (χ3v) is 8.85. The van der Waals surface area contributed by atoms with Gasteiger partial charge in [-0.15, -0.1) is 0 Å². The van der Waals surface area contributed by atoms with Crippen LogP contribution < -0.4 is 5.56 Å². The van der Waals surface area contributed by atoms with Crippen molar-refractivity contribution < 1.29 is 17.5 Å². The van der Waals surface area contributed by atoms with Gasteiger partial charge in [0.15, 0.2) is 4.90 Å². The maximum Gasteiger partial charge on any atom is 0.292 e. The number of nitrogens with zero attached hydrogens (tertiary/aromatic N) is 3. The molecule has 0 bridgehead atoms. The van der Waals surface area contributed by atoms with E-state index in [1.807, 2.05) is 25.1 Å². The lowest BCUT2D eigenvalue weighted by Gasteiger charge is -2.25. The maximum atomic E-state index is 13.9. The van der Waals surface area contributed by atoms with Gasteiger partial charge in [-0.1, -0.05) is 43.0 Å². The Hall–Kier alpha value is -3.95. The number of aromatic nitrogens is 3. The smallest absolute Gasteiger partial charge is 0.292 e. The van der Waals surface area contributed by atoms with Crippen molar-refractivity contribution in [1.82, 2.24) is 14.5 Å². The number of hydrogen-bond donors (Lipinski definition) is 0. The van der Waals surface area contributed by atoms with E-state index in [0.717, 1.165) is 18.4 Å². The first kappa shape index (κ1) is 26.6. The van der Waals surface area contributed by atoms with Gasteiger partial charge in [-0.05, 0) is 73.7 Å². The van der Waals surface area contributed by atoms with Crippen LogP contribution in [0.15, 0.2) is 81.8 Å². The maximum absolute atomic E-state index is 13.9. The molecule has 200 valence electrons. The minimum absolute atomic E-state index is 0.0584. The fourth-order valence-corrected chi connectivity index (χ4v) is 6.70. The molecule has 7 nitrogen and oxygen atoms in total. The second-order valence-electron chi connectivity index (χ2n) is 9.31. The van der Waals surface area contributed by atoms with E-state index in [9.17, 15) is 17.6 Å². The Morgan fingerprint density at radius 1 is 1.10 bits per heavy atom. The summed E-state index contributed by atoms with van der Waals surface area (Å²) in [6, 6.07) is 16.7. The Morgan fingerprint density at radius 2 is 1.85 bits per heavy atom. The van der Waals surface area contributed by atoms with E-state index in [2.05, 4.69) is 22.6 Å². The number of hydrogen-bond acceptors (Lipinski definition) is 6. The monoisotopic (exact) mass is 545 g/mol. The molecule has 9 heteroatoms. The zero-order chi connectivity index (χ0) is 27.7. The molecule has 0 N–H and O–H groups in total. The SMILES string of the molecule is C=Cc1c(S(=O)(=O)c2ccc(-c3ccc(F)nc3C)cc2)c(=O)nc(COCC)n1[C@H]1CCc2ccccc21. The predicted octanol–water partition coefficient (Wildman–Crippen LogP) is 5.30. The Bertz CT molecular complexity index is 1730. The lowest BCUT2D eigenvalue weighted by atomic mass is 10.1. The molecule has 4 aromatic rings. The van der Waals surface area contributed by atoms with Gasteiger partial charge in [0.25, 0.3) is 5.56 Å². The summed E-state index contributed by atoms with van der Waals surface area (Å²) in [6.07, 6.45) is 2.95. The molecule has 39 heavy (non-hydrogen) atoms. The molecular formula is C30H28FN3O4S. The lowest BCUT2D eigenvalue weighted by Crippen LogP contribution is -2.30. The second-order valence-corrected chi connectivity index (χ2v) is 11.2. The number of pyridine rings is 1. The molecule has 0 amide bonds. The number of sulfone groups is 1. The largest absolute Gasteiger partial charge is 0.374 e. The molecule has 1 atom stereocenters. The Kier molecular flexibility index (Phi) is 7.29. The molecular weight excluding hydrogens is 517 g/mol. The van der Waals surface area contributed by atoms with Crippen LogP contribution in [0.4, 0.5) is 4.39 Å². The molecule has 2 heterocycles. The van der Waals surface area contributed by atoms with Gasteiger partial charge in [-0.3, -0.25) is 4.79 Å². The van der Waals surface area contributed by atoms with Crippen molar-refractivity contribution >= 4 is 15.9 Å². The van der Waals surface area contributed by atoms with Crippen molar-refractivity contribution in [2.45, 2.75) is 49.1 Å². The van der Waals surface area contributed by atoms with Gasteiger partial charge in [0, 0.05) is 17.9 Å². The molecule has 0 saturated carbocycles. The summed E-state index contributed by atoms with van der Waals surface area (Å²) in [5.41, 5.74) is 3.39. The Labute approximate surface area is 226 Å². The third-order valence-electron chi connectivity index (χ3n) is 7.03. The third kappa shape index (κ3) is 4.84. The Balaban J connectivity index is 1.65. The molecule has 0 radical (unpaired) electrons. The highest BCUT2D eigenvalue weighted by Crippen LogP contribution is 2.37. The fraction of sp³-hybridized carbons (Fsp3) is 0.233. The van der Waals surface area contributed by atoms with E-state index in [1.165, 1.54) is 29.8 Å². The summed E-state index contributed by atoms with van der Waals surface area (Å²) in [6.45, 7) is 7.88. The van der Waals surface area contributed by atoms with Crippen LogP contribution >= 0.6 is 0 Å².